The Kier molecular flexibility index (Phi) is 7.49. The molecule has 0 unspecified atom stereocenters. The van der Waals surface area contributed by atoms with E-state index in [0.717, 1.165) is 60.7 Å². The highest BCUT2D eigenvalue weighted by atomic mass is 15.1. The molecule has 2 aromatic heterocycles. The van der Waals surface area contributed by atoms with Crippen LogP contribution in [0, 0.1) is 0 Å². The van der Waals surface area contributed by atoms with E-state index in [-0.39, 0.29) is 0 Å². The van der Waals surface area contributed by atoms with Crippen molar-refractivity contribution in [2.45, 2.75) is 5.41 Å². The standard InChI is InChI=1S/C58H36N4/c1-5-16-37(17-6-1)39-28-31-47-48-32-29-42-35-53(48)62(52(47)34-39)43-30-33-46-44-24-13-14-25-45(44)49-26-15-27-50(54(49)51(46)36-43)56-59-55(38-18-7-2-8-19-38)60-57(61-56)58(42,40-20-9-3-10-21-40)41-22-11-4-12-23-41/h1-36H. The largest absolute Gasteiger partial charge is 0.309 e. The highest BCUT2D eigenvalue weighted by Crippen LogP contribution is 2.48. The van der Waals surface area contributed by atoms with E-state index in [9.17, 15) is 0 Å². The molecule has 0 aliphatic carbocycles. The molecule has 0 N–H and O–H groups in total. The van der Waals surface area contributed by atoms with Gasteiger partial charge in [0.1, 0.15) is 5.41 Å². The van der Waals surface area contributed by atoms with Gasteiger partial charge in [0.15, 0.2) is 17.5 Å². The van der Waals surface area contributed by atoms with Crippen molar-refractivity contribution in [3.05, 3.63) is 241 Å². The van der Waals surface area contributed by atoms with Crippen LogP contribution in [-0.2, 0) is 5.41 Å². The second-order valence-electron chi connectivity index (χ2n) is 16.3. The number of benzene rings is 10. The molecule has 0 saturated heterocycles. The van der Waals surface area contributed by atoms with Crippen LogP contribution >= 0.6 is 0 Å². The Morgan fingerprint density at radius 3 is 1.58 bits per heavy atom. The van der Waals surface area contributed by atoms with E-state index in [2.05, 4.69) is 217 Å². The summed E-state index contributed by atoms with van der Waals surface area (Å²) in [6.45, 7) is 0. The maximum absolute atomic E-state index is 5.72. The van der Waals surface area contributed by atoms with Gasteiger partial charge in [0, 0.05) is 33.0 Å². The Morgan fingerprint density at radius 1 is 0.323 bits per heavy atom. The average molecular weight is 789 g/mol. The third-order valence-electron chi connectivity index (χ3n) is 13.1. The van der Waals surface area contributed by atoms with Crippen LogP contribution in [0.4, 0.5) is 0 Å². The molecule has 3 heterocycles. The van der Waals surface area contributed by atoms with Gasteiger partial charge in [-0.3, -0.25) is 0 Å². The lowest BCUT2D eigenvalue weighted by atomic mass is 9.68. The summed E-state index contributed by atoms with van der Waals surface area (Å²) in [5.74, 6) is 1.92. The monoisotopic (exact) mass is 788 g/mol. The number of fused-ring (bicyclic) bond motifs is 12. The first-order chi connectivity index (χ1) is 30.7. The molecular formula is C58H36N4. The normalized spacial score (nSPS) is 13.0. The first-order valence-electron chi connectivity index (χ1n) is 21.2. The Bertz CT molecular complexity index is 3690. The van der Waals surface area contributed by atoms with Crippen LogP contribution in [0.2, 0.25) is 0 Å². The topological polar surface area (TPSA) is 43.6 Å². The lowest BCUT2D eigenvalue weighted by Gasteiger charge is -2.35. The fourth-order valence-corrected chi connectivity index (χ4v) is 10.3. The van der Waals surface area contributed by atoms with Crippen LogP contribution < -0.4 is 0 Å². The average Bonchev–Trinajstić information content (AvgIpc) is 3.68. The van der Waals surface area contributed by atoms with Gasteiger partial charge in [-0.15, -0.1) is 0 Å². The molecule has 0 amide bonds. The Morgan fingerprint density at radius 2 is 0.871 bits per heavy atom. The molecule has 0 saturated carbocycles. The molecule has 0 spiro atoms. The molecule has 4 nitrogen and oxygen atoms in total. The lowest BCUT2D eigenvalue weighted by molar-refractivity contribution is 0.676. The zero-order chi connectivity index (χ0) is 40.8. The van der Waals surface area contributed by atoms with E-state index >= 15 is 0 Å². The molecule has 1 aliphatic heterocycles. The summed E-state index contributed by atoms with van der Waals surface area (Å²) < 4.78 is 2.48. The van der Waals surface area contributed by atoms with E-state index < -0.39 is 5.41 Å². The predicted molar refractivity (Wildman–Crippen MR) is 255 cm³/mol. The van der Waals surface area contributed by atoms with E-state index in [0.29, 0.717) is 17.5 Å². The highest BCUT2D eigenvalue weighted by Gasteiger charge is 2.43. The predicted octanol–water partition coefficient (Wildman–Crippen LogP) is 14.1. The molecule has 10 aromatic carbocycles. The number of hydrogen-bond donors (Lipinski definition) is 0. The summed E-state index contributed by atoms with van der Waals surface area (Å²) in [6.07, 6.45) is 0. The Balaban J connectivity index is 1.29. The Hall–Kier alpha value is -8.21. The van der Waals surface area contributed by atoms with Gasteiger partial charge in [-0.25, -0.2) is 15.0 Å². The minimum absolute atomic E-state index is 0.628. The van der Waals surface area contributed by atoms with Gasteiger partial charge in [0.25, 0.3) is 0 Å². The lowest BCUT2D eigenvalue weighted by Crippen LogP contribution is -2.34. The van der Waals surface area contributed by atoms with Crippen molar-refractivity contribution in [3.63, 3.8) is 0 Å². The number of rotatable bonds is 4. The molecule has 62 heavy (non-hydrogen) atoms. The first-order valence-corrected chi connectivity index (χ1v) is 21.2. The van der Waals surface area contributed by atoms with Crippen LogP contribution in [0.25, 0.3) is 93.7 Å². The van der Waals surface area contributed by atoms with Crippen LogP contribution in [0.3, 0.4) is 0 Å². The minimum Gasteiger partial charge on any atom is -0.309 e. The molecule has 13 rings (SSSR count). The number of aromatic nitrogens is 4. The zero-order valence-corrected chi connectivity index (χ0v) is 33.6. The molecule has 288 valence electrons. The maximum atomic E-state index is 5.72. The fraction of sp³-hybridized carbons (Fsp3) is 0.0172. The number of nitrogens with zero attached hydrogens (tertiary/aromatic N) is 4. The highest BCUT2D eigenvalue weighted by molar-refractivity contribution is 6.28. The van der Waals surface area contributed by atoms with Crippen LogP contribution in [0.15, 0.2) is 218 Å². The molecule has 12 aromatic rings. The summed E-state index contributed by atoms with van der Waals surface area (Å²) in [5.41, 5.74) is 9.84. The minimum atomic E-state index is -0.951. The second-order valence-corrected chi connectivity index (χ2v) is 16.3. The smallest absolute Gasteiger partial charge is 0.164 e. The van der Waals surface area contributed by atoms with Gasteiger partial charge in [-0.05, 0) is 79.0 Å². The van der Waals surface area contributed by atoms with Crippen molar-refractivity contribution in [1.29, 1.82) is 0 Å². The molecular weight excluding hydrogens is 753 g/mol. The summed E-state index contributed by atoms with van der Waals surface area (Å²) in [5, 5.41) is 9.40. The Labute approximate surface area is 358 Å². The third-order valence-corrected chi connectivity index (χ3v) is 13.1. The van der Waals surface area contributed by atoms with Gasteiger partial charge < -0.3 is 4.57 Å². The SMILES string of the molecule is c1ccc(-c2ccc3c4ccc5cc4n(c3c2)-c2ccc3c4ccccc4c4cccc(c4c3c2)-c2nc(-c3ccccc3)nc(n2)C5(c2ccccc2)c2ccccc2)cc1. The van der Waals surface area contributed by atoms with Crippen molar-refractivity contribution in [2.75, 3.05) is 0 Å². The zero-order valence-electron chi connectivity index (χ0n) is 33.6. The molecule has 1 aliphatic rings. The summed E-state index contributed by atoms with van der Waals surface area (Å²) in [4.78, 5) is 16.7. The van der Waals surface area contributed by atoms with E-state index in [4.69, 9.17) is 15.0 Å². The quantitative estimate of drug-likeness (QED) is 0.167. The number of hydrogen-bond acceptors (Lipinski definition) is 3. The fourth-order valence-electron chi connectivity index (χ4n) is 10.3. The van der Waals surface area contributed by atoms with Crippen molar-refractivity contribution >= 4 is 54.1 Å². The van der Waals surface area contributed by atoms with Crippen LogP contribution in [0.1, 0.15) is 22.5 Å². The third kappa shape index (κ3) is 4.98. The first kappa shape index (κ1) is 34.6. The van der Waals surface area contributed by atoms with E-state index in [1.165, 1.54) is 38.1 Å². The van der Waals surface area contributed by atoms with E-state index in [1.54, 1.807) is 0 Å². The van der Waals surface area contributed by atoms with Gasteiger partial charge in [-0.1, -0.05) is 194 Å². The molecule has 0 atom stereocenters. The van der Waals surface area contributed by atoms with Gasteiger partial charge in [0.05, 0.1) is 11.0 Å². The van der Waals surface area contributed by atoms with Crippen molar-refractivity contribution in [2.24, 2.45) is 0 Å². The molecule has 6 bridgehead atoms. The van der Waals surface area contributed by atoms with Gasteiger partial charge >= 0.3 is 0 Å². The summed E-state index contributed by atoms with van der Waals surface area (Å²) >= 11 is 0. The molecule has 4 heteroatoms. The summed E-state index contributed by atoms with van der Waals surface area (Å²) in [6, 6.07) is 78.9. The van der Waals surface area contributed by atoms with Gasteiger partial charge in [-0.2, -0.15) is 0 Å². The summed E-state index contributed by atoms with van der Waals surface area (Å²) in [7, 11) is 0. The van der Waals surface area contributed by atoms with Gasteiger partial charge in [0.2, 0.25) is 0 Å². The van der Waals surface area contributed by atoms with Crippen LogP contribution in [-0.4, -0.2) is 19.5 Å². The van der Waals surface area contributed by atoms with Crippen molar-refractivity contribution in [1.82, 2.24) is 19.5 Å². The van der Waals surface area contributed by atoms with Crippen LogP contribution in [0.5, 0.6) is 0 Å². The second kappa shape index (κ2) is 13.4. The molecule has 0 fully saturated rings. The van der Waals surface area contributed by atoms with Crippen molar-refractivity contribution in [3.8, 4) is 39.6 Å². The molecule has 0 radical (unpaired) electrons. The van der Waals surface area contributed by atoms with Crippen molar-refractivity contribution < 1.29 is 0 Å². The maximum Gasteiger partial charge on any atom is 0.164 e. The van der Waals surface area contributed by atoms with E-state index in [1.807, 2.05) is 6.07 Å².